The van der Waals surface area contributed by atoms with Crippen molar-refractivity contribution in [3.63, 3.8) is 0 Å². The van der Waals surface area contributed by atoms with E-state index in [1.807, 2.05) is 62.4 Å². The van der Waals surface area contributed by atoms with Gasteiger partial charge in [0.15, 0.2) is 0 Å². The number of nitrogens with one attached hydrogen (secondary N) is 1. The molecule has 2 amide bonds. The predicted octanol–water partition coefficient (Wildman–Crippen LogP) is 6.72. The van der Waals surface area contributed by atoms with Gasteiger partial charge in [-0.15, -0.1) is 0 Å². The van der Waals surface area contributed by atoms with Crippen molar-refractivity contribution in [2.24, 2.45) is 0 Å². The Morgan fingerprint density at radius 3 is 2.02 bits per heavy atom. The molecular weight excluding hydrogens is 633 g/mol. The smallest absolute Gasteiger partial charge is 0.244 e. The van der Waals surface area contributed by atoms with Gasteiger partial charge in [-0.25, -0.2) is 8.42 Å². The number of hydrogen-bond donors (Lipinski definition) is 1. The summed E-state index contributed by atoms with van der Waals surface area (Å²) in [6.07, 6.45) is 1.22. The van der Waals surface area contributed by atoms with Gasteiger partial charge in [0.1, 0.15) is 24.1 Å². The van der Waals surface area contributed by atoms with Crippen LogP contribution in [0, 0.1) is 0 Å². The summed E-state index contributed by atoms with van der Waals surface area (Å²) in [6.45, 7) is 3.05. The number of anilines is 1. The van der Waals surface area contributed by atoms with Crippen molar-refractivity contribution in [1.82, 2.24) is 10.2 Å². The Bertz CT molecular complexity index is 1700. The van der Waals surface area contributed by atoms with Crippen LogP contribution in [-0.2, 0) is 32.6 Å². The largest absolute Gasteiger partial charge is 0.457 e. The molecule has 0 saturated carbocycles. The summed E-state index contributed by atoms with van der Waals surface area (Å²) in [5.41, 5.74) is 1.65. The van der Waals surface area contributed by atoms with Gasteiger partial charge in [0.2, 0.25) is 21.8 Å². The molecule has 0 spiro atoms. The Hall–Kier alpha value is -4.05. The molecule has 0 aromatic heterocycles. The Kier molecular flexibility index (Phi) is 11.5. The maximum absolute atomic E-state index is 14.2. The monoisotopic (exact) mass is 667 g/mol. The average molecular weight is 669 g/mol. The van der Waals surface area contributed by atoms with Gasteiger partial charge in [0.05, 0.1) is 11.9 Å². The summed E-state index contributed by atoms with van der Waals surface area (Å²) in [6, 6.07) is 28.6. The van der Waals surface area contributed by atoms with E-state index in [0.717, 1.165) is 16.1 Å². The lowest BCUT2D eigenvalue weighted by molar-refractivity contribution is -0.140. The number of carbonyl (C=O) groups is 2. The number of ether oxygens (including phenoxy) is 1. The SMILES string of the molecule is CC(C)NC(=O)[C@H](Cc1ccccc1)N(Cc1ccc(Cl)cc1Cl)C(=O)CN(c1ccc(Oc2ccccc2)cc1)S(C)(=O)=O. The minimum Gasteiger partial charge on any atom is -0.457 e. The van der Waals surface area contributed by atoms with Gasteiger partial charge in [-0.3, -0.25) is 13.9 Å². The molecule has 1 atom stereocenters. The van der Waals surface area contributed by atoms with Crippen LogP contribution in [0.5, 0.6) is 11.5 Å². The summed E-state index contributed by atoms with van der Waals surface area (Å²) in [7, 11) is -3.93. The Morgan fingerprint density at radius 2 is 1.44 bits per heavy atom. The minimum absolute atomic E-state index is 0.0562. The Labute approximate surface area is 274 Å². The van der Waals surface area contributed by atoms with Crippen molar-refractivity contribution in [2.75, 3.05) is 17.1 Å². The molecule has 236 valence electrons. The van der Waals surface area contributed by atoms with Crippen LogP contribution in [0.25, 0.3) is 0 Å². The highest BCUT2D eigenvalue weighted by Crippen LogP contribution is 2.27. The fourth-order valence-corrected chi connectivity index (χ4v) is 6.00. The first kappa shape index (κ1) is 33.8. The molecule has 11 heteroatoms. The molecule has 0 heterocycles. The van der Waals surface area contributed by atoms with Crippen LogP contribution >= 0.6 is 23.2 Å². The number of amides is 2. The lowest BCUT2D eigenvalue weighted by Crippen LogP contribution is -2.54. The van der Waals surface area contributed by atoms with E-state index in [-0.39, 0.29) is 30.6 Å². The molecule has 4 rings (SSSR count). The number of hydrogen-bond acceptors (Lipinski definition) is 5. The second kappa shape index (κ2) is 15.3. The summed E-state index contributed by atoms with van der Waals surface area (Å²) >= 11 is 12.6. The molecule has 4 aromatic carbocycles. The zero-order valence-electron chi connectivity index (χ0n) is 25.2. The van der Waals surface area contributed by atoms with Crippen molar-refractivity contribution in [2.45, 2.75) is 38.9 Å². The molecule has 0 bridgehead atoms. The van der Waals surface area contributed by atoms with Gasteiger partial charge in [-0.1, -0.05) is 77.8 Å². The highest BCUT2D eigenvalue weighted by atomic mass is 35.5. The average Bonchev–Trinajstić information content (AvgIpc) is 2.99. The molecule has 45 heavy (non-hydrogen) atoms. The number of halogens is 2. The molecule has 0 aliphatic carbocycles. The van der Waals surface area contributed by atoms with Gasteiger partial charge in [-0.2, -0.15) is 0 Å². The lowest BCUT2D eigenvalue weighted by Gasteiger charge is -2.34. The standard InChI is InChI=1S/C34H35Cl2N3O5S/c1-24(2)37-34(41)32(20-25-10-6-4-7-11-25)38(22-26-14-15-27(35)21-31(26)36)33(40)23-39(45(3,42)43)28-16-18-30(19-17-28)44-29-12-8-5-9-13-29/h4-19,21,24,32H,20,22-23H2,1-3H3,(H,37,41)/t32-/m0/s1. The zero-order valence-corrected chi connectivity index (χ0v) is 27.5. The van der Waals surface area contributed by atoms with Crippen LogP contribution in [-0.4, -0.2) is 50.0 Å². The van der Waals surface area contributed by atoms with Crippen molar-refractivity contribution in [3.05, 3.63) is 124 Å². The normalized spacial score (nSPS) is 12.0. The van der Waals surface area contributed by atoms with Gasteiger partial charge in [0.25, 0.3) is 0 Å². The van der Waals surface area contributed by atoms with E-state index in [2.05, 4.69) is 5.32 Å². The number of para-hydroxylation sites is 1. The predicted molar refractivity (Wildman–Crippen MR) is 179 cm³/mol. The van der Waals surface area contributed by atoms with Crippen molar-refractivity contribution in [1.29, 1.82) is 0 Å². The summed E-state index contributed by atoms with van der Waals surface area (Å²) in [5.74, 6) is 0.162. The second-order valence-corrected chi connectivity index (χ2v) is 13.6. The van der Waals surface area contributed by atoms with Crippen LogP contribution in [0.2, 0.25) is 10.0 Å². The van der Waals surface area contributed by atoms with E-state index in [1.54, 1.807) is 54.6 Å². The third kappa shape index (κ3) is 9.72. The lowest BCUT2D eigenvalue weighted by atomic mass is 10.0. The number of benzene rings is 4. The third-order valence-corrected chi connectivity index (χ3v) is 8.57. The first-order chi connectivity index (χ1) is 21.4. The van der Waals surface area contributed by atoms with Crippen LogP contribution in [0.1, 0.15) is 25.0 Å². The van der Waals surface area contributed by atoms with E-state index >= 15 is 0 Å². The van der Waals surface area contributed by atoms with Crippen LogP contribution in [0.15, 0.2) is 103 Å². The zero-order chi connectivity index (χ0) is 32.6. The first-order valence-electron chi connectivity index (χ1n) is 14.3. The molecule has 8 nitrogen and oxygen atoms in total. The highest BCUT2D eigenvalue weighted by molar-refractivity contribution is 7.92. The summed E-state index contributed by atoms with van der Waals surface area (Å²) in [4.78, 5) is 29.3. The molecule has 1 N–H and O–H groups in total. The second-order valence-electron chi connectivity index (χ2n) is 10.8. The van der Waals surface area contributed by atoms with E-state index in [1.165, 1.54) is 4.90 Å². The summed E-state index contributed by atoms with van der Waals surface area (Å²) < 4.78 is 33.0. The molecule has 0 fully saturated rings. The number of rotatable bonds is 13. The Morgan fingerprint density at radius 1 is 0.844 bits per heavy atom. The first-order valence-corrected chi connectivity index (χ1v) is 16.9. The fourth-order valence-electron chi connectivity index (χ4n) is 4.69. The number of carbonyl (C=O) groups excluding carboxylic acids is 2. The molecular formula is C34H35Cl2N3O5S. The topological polar surface area (TPSA) is 96.0 Å². The van der Waals surface area contributed by atoms with Crippen LogP contribution in [0.3, 0.4) is 0 Å². The van der Waals surface area contributed by atoms with Gasteiger partial charge < -0.3 is 15.0 Å². The van der Waals surface area contributed by atoms with E-state index < -0.39 is 28.5 Å². The van der Waals surface area contributed by atoms with E-state index in [4.69, 9.17) is 27.9 Å². The van der Waals surface area contributed by atoms with Crippen molar-refractivity contribution < 1.29 is 22.7 Å². The fraction of sp³-hybridized carbons (Fsp3) is 0.235. The minimum atomic E-state index is -3.93. The molecule has 4 aromatic rings. The quantitative estimate of drug-likeness (QED) is 0.171. The molecule has 0 aliphatic heterocycles. The number of sulfonamides is 1. The van der Waals surface area contributed by atoms with Crippen LogP contribution in [0.4, 0.5) is 5.69 Å². The molecule has 0 aliphatic rings. The van der Waals surface area contributed by atoms with Gasteiger partial charge >= 0.3 is 0 Å². The Balaban J connectivity index is 1.70. The third-order valence-electron chi connectivity index (χ3n) is 6.84. The van der Waals surface area contributed by atoms with Crippen LogP contribution < -0.4 is 14.4 Å². The highest BCUT2D eigenvalue weighted by Gasteiger charge is 2.33. The number of nitrogens with zero attached hydrogens (tertiary/aromatic N) is 2. The molecule has 0 saturated heterocycles. The van der Waals surface area contributed by atoms with Crippen molar-refractivity contribution in [3.8, 4) is 11.5 Å². The maximum atomic E-state index is 14.2. The van der Waals surface area contributed by atoms with E-state index in [0.29, 0.717) is 27.1 Å². The van der Waals surface area contributed by atoms with E-state index in [9.17, 15) is 18.0 Å². The van der Waals surface area contributed by atoms with Gasteiger partial charge in [-0.05, 0) is 73.5 Å². The van der Waals surface area contributed by atoms with Crippen molar-refractivity contribution >= 4 is 50.7 Å². The maximum Gasteiger partial charge on any atom is 0.244 e. The molecule has 0 radical (unpaired) electrons. The summed E-state index contributed by atoms with van der Waals surface area (Å²) in [5, 5.41) is 3.65. The molecule has 0 unspecified atom stereocenters. The van der Waals surface area contributed by atoms with Gasteiger partial charge in [0, 0.05) is 29.1 Å².